The Labute approximate surface area is 239 Å². The molecule has 0 aliphatic carbocycles. The fraction of sp³-hybridized carbons (Fsp3) is 0.312. The number of carboxylic acids is 1. The molecule has 0 amide bonds. The van der Waals surface area contributed by atoms with Crippen molar-refractivity contribution in [3.63, 3.8) is 0 Å². The molecule has 3 rings (SSSR count). The summed E-state index contributed by atoms with van der Waals surface area (Å²) in [7, 11) is 0. The Bertz CT molecular complexity index is 1350. The van der Waals surface area contributed by atoms with Gasteiger partial charge in [0.1, 0.15) is 11.5 Å². The van der Waals surface area contributed by atoms with E-state index in [1.54, 1.807) is 24.3 Å². The standard InChI is InChI=1S/C32H35F2N3O4/c33-32(34,26-12-17-28(18-13-26)40-20-6-2-5-19-35)41-29-15-9-23(10-16-29)21-25(31(38)39)8-4-1-3-7-24-11-14-27(36)22-30(24)37/h9-18,21-22H,1-8,20,36-37H2,(H,38,39). The number of aliphatic carboxylic acids is 1. The number of benzene rings is 3. The second-order valence-electron chi connectivity index (χ2n) is 9.67. The average molecular weight is 564 g/mol. The summed E-state index contributed by atoms with van der Waals surface area (Å²) in [6.07, 6.45) is 3.37. The number of unbranched alkanes of at least 4 members (excludes halogenated alkanes) is 4. The van der Waals surface area contributed by atoms with Crippen LogP contribution in [0.4, 0.5) is 20.2 Å². The first-order valence-corrected chi connectivity index (χ1v) is 13.5. The smallest absolute Gasteiger partial charge is 0.426 e. The third-order valence-electron chi connectivity index (χ3n) is 6.45. The summed E-state index contributed by atoms with van der Waals surface area (Å²) in [5.41, 5.74) is 14.5. The Hall–Kier alpha value is -4.58. The summed E-state index contributed by atoms with van der Waals surface area (Å²) in [4.78, 5) is 11.8. The fourth-order valence-electron chi connectivity index (χ4n) is 4.17. The average Bonchev–Trinajstić information content (AvgIpc) is 2.94. The lowest BCUT2D eigenvalue weighted by molar-refractivity contribution is -0.185. The van der Waals surface area contributed by atoms with Gasteiger partial charge in [0.2, 0.25) is 0 Å². The number of anilines is 2. The van der Waals surface area contributed by atoms with Crippen LogP contribution in [0.25, 0.3) is 6.08 Å². The molecule has 3 aromatic rings. The molecular formula is C32H35F2N3O4. The zero-order valence-electron chi connectivity index (χ0n) is 22.8. The van der Waals surface area contributed by atoms with Gasteiger partial charge in [-0.15, -0.1) is 0 Å². The van der Waals surface area contributed by atoms with E-state index >= 15 is 0 Å². The molecule has 0 spiro atoms. The first-order valence-electron chi connectivity index (χ1n) is 13.5. The number of nitrogen functional groups attached to an aromatic ring is 2. The van der Waals surface area contributed by atoms with E-state index in [-0.39, 0.29) is 16.9 Å². The van der Waals surface area contributed by atoms with E-state index in [2.05, 4.69) is 6.07 Å². The van der Waals surface area contributed by atoms with Crippen LogP contribution in [0.5, 0.6) is 11.5 Å². The van der Waals surface area contributed by atoms with Crippen LogP contribution in [0.1, 0.15) is 61.6 Å². The molecule has 5 N–H and O–H groups in total. The summed E-state index contributed by atoms with van der Waals surface area (Å²) in [5.74, 6) is -0.614. The normalized spacial score (nSPS) is 11.6. The van der Waals surface area contributed by atoms with Crippen LogP contribution >= 0.6 is 0 Å². The number of halogens is 2. The van der Waals surface area contributed by atoms with Crippen LogP contribution in [-0.4, -0.2) is 17.7 Å². The number of nitriles is 1. The molecule has 0 aromatic heterocycles. The summed E-state index contributed by atoms with van der Waals surface area (Å²) in [6.45, 7) is 0.401. The van der Waals surface area contributed by atoms with Gasteiger partial charge in [0, 0.05) is 23.4 Å². The van der Waals surface area contributed by atoms with Gasteiger partial charge in [-0.1, -0.05) is 24.6 Å². The Balaban J connectivity index is 1.50. The molecule has 0 unspecified atom stereocenters. The Morgan fingerprint density at radius 3 is 2.29 bits per heavy atom. The van der Waals surface area contributed by atoms with Crippen molar-refractivity contribution in [1.29, 1.82) is 5.26 Å². The van der Waals surface area contributed by atoms with Crippen molar-refractivity contribution in [3.05, 3.63) is 89.0 Å². The highest BCUT2D eigenvalue weighted by Gasteiger charge is 2.34. The second-order valence-corrected chi connectivity index (χ2v) is 9.67. The van der Waals surface area contributed by atoms with E-state index in [1.807, 2.05) is 12.1 Å². The highest BCUT2D eigenvalue weighted by Crippen LogP contribution is 2.33. The predicted octanol–water partition coefficient (Wildman–Crippen LogP) is 7.32. The van der Waals surface area contributed by atoms with Crippen molar-refractivity contribution < 1.29 is 28.2 Å². The number of hydrogen-bond acceptors (Lipinski definition) is 6. The number of nitrogens with two attached hydrogens (primary N) is 2. The third-order valence-corrected chi connectivity index (χ3v) is 6.45. The molecule has 0 saturated carbocycles. The summed E-state index contributed by atoms with van der Waals surface area (Å²) in [6, 6.07) is 18.7. The zero-order chi connectivity index (χ0) is 29.7. The Kier molecular flexibility index (Phi) is 11.5. The molecule has 9 heteroatoms. The van der Waals surface area contributed by atoms with Crippen LogP contribution in [0, 0.1) is 11.3 Å². The van der Waals surface area contributed by atoms with Crippen molar-refractivity contribution in [2.75, 3.05) is 18.1 Å². The maximum absolute atomic E-state index is 14.7. The molecule has 0 aliphatic heterocycles. The van der Waals surface area contributed by atoms with Crippen molar-refractivity contribution in [3.8, 4) is 17.6 Å². The molecule has 0 saturated heterocycles. The van der Waals surface area contributed by atoms with Gasteiger partial charge < -0.3 is 26.0 Å². The monoisotopic (exact) mass is 563 g/mol. The molecule has 0 fully saturated rings. The van der Waals surface area contributed by atoms with Crippen molar-refractivity contribution in [2.24, 2.45) is 0 Å². The van der Waals surface area contributed by atoms with Gasteiger partial charge in [0.15, 0.2) is 0 Å². The number of aryl methyl sites for hydroxylation is 1. The molecule has 7 nitrogen and oxygen atoms in total. The molecule has 3 aromatic carbocycles. The second kappa shape index (κ2) is 15.3. The quantitative estimate of drug-likeness (QED) is 0.0945. The molecule has 0 aliphatic rings. The molecule has 0 radical (unpaired) electrons. The number of nitrogens with zero attached hydrogens (tertiary/aromatic N) is 1. The van der Waals surface area contributed by atoms with Crippen LogP contribution in [0.2, 0.25) is 0 Å². The predicted molar refractivity (Wildman–Crippen MR) is 155 cm³/mol. The largest absolute Gasteiger partial charge is 0.494 e. The minimum Gasteiger partial charge on any atom is -0.494 e. The van der Waals surface area contributed by atoms with E-state index in [9.17, 15) is 18.7 Å². The van der Waals surface area contributed by atoms with E-state index in [0.717, 1.165) is 31.2 Å². The van der Waals surface area contributed by atoms with Crippen LogP contribution in [-0.2, 0) is 17.3 Å². The number of ether oxygens (including phenoxy) is 2. The van der Waals surface area contributed by atoms with Gasteiger partial charge in [-0.3, -0.25) is 0 Å². The molecule has 0 atom stereocenters. The number of hydrogen-bond donors (Lipinski definition) is 3. The molecular weight excluding hydrogens is 528 g/mol. The fourth-order valence-corrected chi connectivity index (χ4v) is 4.17. The van der Waals surface area contributed by atoms with Crippen molar-refractivity contribution in [2.45, 2.75) is 57.5 Å². The molecule has 0 heterocycles. The van der Waals surface area contributed by atoms with Crippen molar-refractivity contribution >= 4 is 23.4 Å². The number of carboxylic acid groups (broad SMARTS) is 1. The minimum absolute atomic E-state index is 0.0521. The molecule has 0 bridgehead atoms. The molecule has 41 heavy (non-hydrogen) atoms. The van der Waals surface area contributed by atoms with Gasteiger partial charge >= 0.3 is 12.1 Å². The number of alkyl halides is 2. The topological polar surface area (TPSA) is 132 Å². The van der Waals surface area contributed by atoms with Gasteiger partial charge in [-0.25, -0.2) is 4.79 Å². The zero-order valence-corrected chi connectivity index (χ0v) is 22.8. The van der Waals surface area contributed by atoms with E-state index in [4.69, 9.17) is 26.2 Å². The van der Waals surface area contributed by atoms with E-state index in [1.165, 1.54) is 36.4 Å². The third kappa shape index (κ3) is 10.2. The lowest BCUT2D eigenvalue weighted by Crippen LogP contribution is -2.21. The van der Waals surface area contributed by atoms with E-state index < -0.39 is 12.1 Å². The first kappa shape index (κ1) is 31.0. The summed E-state index contributed by atoms with van der Waals surface area (Å²) < 4.78 is 39.9. The minimum atomic E-state index is -3.58. The Morgan fingerprint density at radius 1 is 0.927 bits per heavy atom. The number of rotatable bonds is 16. The lowest BCUT2D eigenvalue weighted by Gasteiger charge is -2.18. The van der Waals surface area contributed by atoms with Crippen molar-refractivity contribution in [1.82, 2.24) is 0 Å². The SMILES string of the molecule is N#CCCCCOc1ccc(C(F)(F)Oc2ccc(C=C(CCCCCc3ccc(N)cc3N)C(=O)O)cc2)cc1. The maximum atomic E-state index is 14.7. The number of carbonyl (C=O) groups is 1. The first-order chi connectivity index (χ1) is 19.7. The van der Waals surface area contributed by atoms with Crippen LogP contribution < -0.4 is 20.9 Å². The van der Waals surface area contributed by atoms with Crippen LogP contribution in [0.3, 0.4) is 0 Å². The lowest BCUT2D eigenvalue weighted by atomic mass is 10.0. The summed E-state index contributed by atoms with van der Waals surface area (Å²) >= 11 is 0. The van der Waals surface area contributed by atoms with Gasteiger partial charge in [0.25, 0.3) is 0 Å². The highest BCUT2D eigenvalue weighted by atomic mass is 19.3. The van der Waals surface area contributed by atoms with Crippen LogP contribution in [0.15, 0.2) is 72.3 Å². The van der Waals surface area contributed by atoms with Gasteiger partial charge in [-0.05, 0) is 104 Å². The van der Waals surface area contributed by atoms with Gasteiger partial charge in [0.05, 0.1) is 18.2 Å². The van der Waals surface area contributed by atoms with E-state index in [0.29, 0.717) is 55.0 Å². The summed E-state index contributed by atoms with van der Waals surface area (Å²) in [5, 5.41) is 18.2. The van der Waals surface area contributed by atoms with Gasteiger partial charge in [-0.2, -0.15) is 14.0 Å². The molecule has 216 valence electrons. The Morgan fingerprint density at radius 2 is 1.63 bits per heavy atom. The maximum Gasteiger partial charge on any atom is 0.426 e. The highest BCUT2D eigenvalue weighted by molar-refractivity contribution is 5.92.